The van der Waals surface area contributed by atoms with Crippen molar-refractivity contribution in [1.29, 1.82) is 0 Å². The summed E-state index contributed by atoms with van der Waals surface area (Å²) in [5.41, 5.74) is 4.68. The third kappa shape index (κ3) is 2.30. The topological polar surface area (TPSA) is 12.0 Å². The van der Waals surface area contributed by atoms with Crippen LogP contribution in [0.25, 0.3) is 0 Å². The molecule has 0 heterocycles. The molecule has 2 rings (SSSR count). The number of rotatable bonds is 3. The van der Waals surface area contributed by atoms with Crippen molar-refractivity contribution < 1.29 is 0 Å². The van der Waals surface area contributed by atoms with Crippen LogP contribution in [0.4, 0.5) is 0 Å². The largest absolute Gasteiger partial charge is 0.307 e. The van der Waals surface area contributed by atoms with Crippen molar-refractivity contribution in [3.05, 3.63) is 34.9 Å². The van der Waals surface area contributed by atoms with Gasteiger partial charge >= 0.3 is 0 Å². The van der Waals surface area contributed by atoms with E-state index in [1.165, 1.54) is 23.1 Å². The first-order valence-corrected chi connectivity index (χ1v) is 6.23. The van der Waals surface area contributed by atoms with E-state index in [0.29, 0.717) is 17.5 Å². The number of hydrogen-bond acceptors (Lipinski definition) is 1. The van der Waals surface area contributed by atoms with Crippen LogP contribution >= 0.6 is 0 Å². The van der Waals surface area contributed by atoms with E-state index >= 15 is 0 Å². The molecule has 1 aliphatic carbocycles. The summed E-state index contributed by atoms with van der Waals surface area (Å²) >= 11 is 0. The second-order valence-corrected chi connectivity index (χ2v) is 5.98. The SMILES string of the molecule is Cc1ccc(C(C)NC2CC2(C)C)cc1C. The van der Waals surface area contributed by atoms with Crippen molar-refractivity contribution in [3.8, 4) is 0 Å². The Morgan fingerprint density at radius 3 is 2.38 bits per heavy atom. The van der Waals surface area contributed by atoms with Gasteiger partial charge in [-0.1, -0.05) is 32.0 Å². The molecule has 0 spiro atoms. The molecule has 0 aromatic heterocycles. The van der Waals surface area contributed by atoms with E-state index < -0.39 is 0 Å². The summed E-state index contributed by atoms with van der Waals surface area (Å²) in [4.78, 5) is 0. The maximum absolute atomic E-state index is 3.71. The second-order valence-electron chi connectivity index (χ2n) is 5.98. The zero-order chi connectivity index (χ0) is 11.9. The van der Waals surface area contributed by atoms with Gasteiger partial charge in [0.1, 0.15) is 0 Å². The molecule has 1 heteroatoms. The van der Waals surface area contributed by atoms with Crippen LogP contribution in [0.3, 0.4) is 0 Å². The molecular weight excluding hydrogens is 194 g/mol. The molecule has 1 saturated carbocycles. The average Bonchev–Trinajstić information content (AvgIpc) is 2.78. The lowest BCUT2D eigenvalue weighted by atomic mass is 10.0. The highest BCUT2D eigenvalue weighted by Gasteiger charge is 2.45. The first kappa shape index (κ1) is 11.7. The van der Waals surface area contributed by atoms with Crippen molar-refractivity contribution in [2.24, 2.45) is 5.41 Å². The Balaban J connectivity index is 2.04. The van der Waals surface area contributed by atoms with Gasteiger partial charge in [-0.25, -0.2) is 0 Å². The zero-order valence-electron chi connectivity index (χ0n) is 11.1. The highest BCUT2D eigenvalue weighted by Crippen LogP contribution is 2.45. The Bertz CT molecular complexity index is 392. The molecule has 0 radical (unpaired) electrons. The molecule has 2 atom stereocenters. The van der Waals surface area contributed by atoms with Crippen LogP contribution < -0.4 is 5.32 Å². The smallest absolute Gasteiger partial charge is 0.0294 e. The van der Waals surface area contributed by atoms with E-state index in [-0.39, 0.29) is 0 Å². The molecule has 0 saturated heterocycles. The van der Waals surface area contributed by atoms with Gasteiger partial charge in [0.15, 0.2) is 0 Å². The number of aryl methyl sites for hydroxylation is 2. The number of nitrogens with one attached hydrogen (secondary N) is 1. The van der Waals surface area contributed by atoms with E-state index in [4.69, 9.17) is 0 Å². The summed E-state index contributed by atoms with van der Waals surface area (Å²) in [5, 5.41) is 3.71. The molecule has 1 nitrogen and oxygen atoms in total. The molecule has 2 unspecified atom stereocenters. The van der Waals surface area contributed by atoms with Gasteiger partial charge in [-0.15, -0.1) is 0 Å². The number of hydrogen-bond donors (Lipinski definition) is 1. The molecule has 16 heavy (non-hydrogen) atoms. The summed E-state index contributed by atoms with van der Waals surface area (Å²) in [5.74, 6) is 0. The Hall–Kier alpha value is -0.820. The summed E-state index contributed by atoms with van der Waals surface area (Å²) in [7, 11) is 0. The Kier molecular flexibility index (Phi) is 2.83. The molecule has 1 aliphatic rings. The molecule has 0 amide bonds. The lowest BCUT2D eigenvalue weighted by molar-refractivity contribution is 0.491. The van der Waals surface area contributed by atoms with Crippen LogP contribution in [-0.2, 0) is 0 Å². The second kappa shape index (κ2) is 3.89. The maximum Gasteiger partial charge on any atom is 0.0294 e. The molecule has 0 bridgehead atoms. The molecule has 1 fully saturated rings. The molecular formula is C15H23N. The minimum Gasteiger partial charge on any atom is -0.307 e. The van der Waals surface area contributed by atoms with Gasteiger partial charge in [0.2, 0.25) is 0 Å². The van der Waals surface area contributed by atoms with Crippen molar-refractivity contribution in [3.63, 3.8) is 0 Å². The van der Waals surface area contributed by atoms with Crippen LogP contribution in [0.15, 0.2) is 18.2 Å². The summed E-state index contributed by atoms with van der Waals surface area (Å²) in [6, 6.07) is 7.94. The van der Waals surface area contributed by atoms with E-state index in [1.807, 2.05) is 0 Å². The predicted molar refractivity (Wildman–Crippen MR) is 69.7 cm³/mol. The fourth-order valence-electron chi connectivity index (χ4n) is 2.18. The monoisotopic (exact) mass is 217 g/mol. The van der Waals surface area contributed by atoms with Gasteiger partial charge in [0.05, 0.1) is 0 Å². The zero-order valence-corrected chi connectivity index (χ0v) is 11.1. The van der Waals surface area contributed by atoms with Crippen LogP contribution in [-0.4, -0.2) is 6.04 Å². The summed E-state index contributed by atoms with van der Waals surface area (Å²) < 4.78 is 0. The first-order valence-electron chi connectivity index (χ1n) is 6.23. The minimum absolute atomic E-state index is 0.464. The van der Waals surface area contributed by atoms with Gasteiger partial charge in [0, 0.05) is 12.1 Å². The third-order valence-corrected chi connectivity index (χ3v) is 4.00. The van der Waals surface area contributed by atoms with Gasteiger partial charge in [0.25, 0.3) is 0 Å². The Morgan fingerprint density at radius 1 is 1.25 bits per heavy atom. The average molecular weight is 217 g/mol. The van der Waals surface area contributed by atoms with Gasteiger partial charge in [-0.2, -0.15) is 0 Å². The Morgan fingerprint density at radius 2 is 1.88 bits per heavy atom. The van der Waals surface area contributed by atoms with Crippen molar-refractivity contribution in [1.82, 2.24) is 5.32 Å². The van der Waals surface area contributed by atoms with Crippen LogP contribution in [0.2, 0.25) is 0 Å². The fraction of sp³-hybridized carbons (Fsp3) is 0.600. The quantitative estimate of drug-likeness (QED) is 0.813. The van der Waals surface area contributed by atoms with Crippen LogP contribution in [0, 0.1) is 19.3 Å². The summed E-state index contributed by atoms with van der Waals surface area (Å²) in [6.45, 7) is 11.3. The van der Waals surface area contributed by atoms with E-state index in [2.05, 4.69) is 58.1 Å². The van der Waals surface area contributed by atoms with E-state index in [0.717, 1.165) is 0 Å². The van der Waals surface area contributed by atoms with Crippen molar-refractivity contribution in [2.45, 2.75) is 53.1 Å². The third-order valence-electron chi connectivity index (χ3n) is 4.00. The molecule has 0 aliphatic heterocycles. The fourth-order valence-corrected chi connectivity index (χ4v) is 2.18. The predicted octanol–water partition coefficient (Wildman–Crippen LogP) is 3.75. The lowest BCUT2D eigenvalue weighted by Crippen LogP contribution is -2.24. The molecule has 1 aromatic carbocycles. The molecule has 1 N–H and O–H groups in total. The van der Waals surface area contributed by atoms with E-state index in [9.17, 15) is 0 Å². The Labute approximate surface area is 99.3 Å². The maximum atomic E-state index is 3.71. The summed E-state index contributed by atoms with van der Waals surface area (Å²) in [6.07, 6.45) is 1.31. The van der Waals surface area contributed by atoms with Gasteiger partial charge in [-0.05, 0) is 49.3 Å². The normalized spacial score (nSPS) is 24.2. The van der Waals surface area contributed by atoms with Gasteiger partial charge in [-0.3, -0.25) is 0 Å². The molecule has 88 valence electrons. The van der Waals surface area contributed by atoms with E-state index in [1.54, 1.807) is 0 Å². The van der Waals surface area contributed by atoms with Gasteiger partial charge < -0.3 is 5.32 Å². The van der Waals surface area contributed by atoms with Crippen molar-refractivity contribution >= 4 is 0 Å². The highest BCUT2D eigenvalue weighted by atomic mass is 15.0. The highest BCUT2D eigenvalue weighted by molar-refractivity contribution is 5.31. The first-order chi connectivity index (χ1) is 7.40. The minimum atomic E-state index is 0.464. The molecule has 1 aromatic rings. The number of benzene rings is 1. The standard InChI is InChI=1S/C15H23N/c1-10-6-7-13(8-11(10)2)12(3)16-14-9-15(14,4)5/h6-8,12,14,16H,9H2,1-5H3. The lowest BCUT2D eigenvalue weighted by Gasteiger charge is -2.16. The van der Waals surface area contributed by atoms with Crippen molar-refractivity contribution in [2.75, 3.05) is 0 Å². The van der Waals surface area contributed by atoms with Crippen LogP contribution in [0.5, 0.6) is 0 Å². The van der Waals surface area contributed by atoms with Crippen LogP contribution in [0.1, 0.15) is 49.9 Å².